The van der Waals surface area contributed by atoms with Gasteiger partial charge in [0.1, 0.15) is 11.7 Å². The molecule has 1 atom stereocenters. The summed E-state index contributed by atoms with van der Waals surface area (Å²) in [5, 5.41) is 26.7. The molecule has 13 heavy (non-hydrogen) atoms. The van der Waals surface area contributed by atoms with Crippen molar-refractivity contribution in [1.29, 1.82) is 0 Å². The minimum Gasteiger partial charge on any atom is -0.508 e. The normalized spacial score (nSPS) is 12.4. The molecule has 0 saturated heterocycles. The Bertz CT molecular complexity index is 308. The maximum Gasteiger partial charge on any atom is 0.313 e. The quantitative estimate of drug-likeness (QED) is 0.638. The molecule has 1 rings (SSSR count). The molecule has 0 aliphatic rings. The van der Waals surface area contributed by atoms with Gasteiger partial charge in [-0.05, 0) is 6.07 Å². The predicted molar refractivity (Wildman–Crippen MR) is 45.6 cm³/mol. The van der Waals surface area contributed by atoms with Gasteiger partial charge in [-0.3, -0.25) is 4.79 Å². The third kappa shape index (κ3) is 1.97. The molecular weight excluding hydrogens is 172 g/mol. The van der Waals surface area contributed by atoms with Crippen molar-refractivity contribution in [3.63, 3.8) is 0 Å². The van der Waals surface area contributed by atoms with Crippen molar-refractivity contribution in [1.82, 2.24) is 0 Å². The molecule has 0 aromatic heterocycles. The van der Waals surface area contributed by atoms with E-state index in [2.05, 4.69) is 0 Å². The highest BCUT2D eigenvalue weighted by Crippen LogP contribution is 2.24. The number of carbonyl (C=O) groups is 1. The van der Waals surface area contributed by atoms with Gasteiger partial charge in [0, 0.05) is 5.56 Å². The number of aromatic hydroxyl groups is 1. The number of aliphatic carboxylic acids is 1. The third-order valence-corrected chi connectivity index (χ3v) is 1.79. The molecule has 0 aliphatic carbocycles. The van der Waals surface area contributed by atoms with E-state index >= 15 is 0 Å². The van der Waals surface area contributed by atoms with Crippen molar-refractivity contribution in [2.24, 2.45) is 0 Å². The Morgan fingerprint density at radius 2 is 2.00 bits per heavy atom. The first-order valence-electron chi connectivity index (χ1n) is 3.78. The molecule has 70 valence electrons. The minimum atomic E-state index is -1.15. The molecule has 4 heteroatoms. The standard InChI is InChI=1S/C9H10O4/c10-5-7(9(12)13)6-3-1-2-4-8(6)11/h1-4,7,10-11H,5H2,(H,12,13). The van der Waals surface area contributed by atoms with E-state index in [-0.39, 0.29) is 11.3 Å². The monoisotopic (exact) mass is 182 g/mol. The molecule has 0 aliphatic heterocycles. The lowest BCUT2D eigenvalue weighted by Gasteiger charge is -2.10. The van der Waals surface area contributed by atoms with E-state index in [9.17, 15) is 9.90 Å². The number of aliphatic hydroxyl groups excluding tert-OH is 1. The molecule has 1 aromatic rings. The van der Waals surface area contributed by atoms with Crippen LogP contribution in [0, 0.1) is 0 Å². The SMILES string of the molecule is O=C(O)C(CO)c1ccccc1O. The second-order valence-electron chi connectivity index (χ2n) is 2.63. The molecule has 0 amide bonds. The van der Waals surface area contributed by atoms with Gasteiger partial charge in [-0.2, -0.15) is 0 Å². The number of carboxylic acids is 1. The molecule has 4 nitrogen and oxygen atoms in total. The lowest BCUT2D eigenvalue weighted by molar-refractivity contribution is -0.139. The Morgan fingerprint density at radius 1 is 1.38 bits per heavy atom. The van der Waals surface area contributed by atoms with Gasteiger partial charge in [-0.25, -0.2) is 0 Å². The van der Waals surface area contributed by atoms with Crippen molar-refractivity contribution in [2.75, 3.05) is 6.61 Å². The zero-order valence-electron chi connectivity index (χ0n) is 6.84. The largest absolute Gasteiger partial charge is 0.508 e. The van der Waals surface area contributed by atoms with Gasteiger partial charge in [0.05, 0.1) is 6.61 Å². The van der Waals surface area contributed by atoms with Crippen molar-refractivity contribution in [2.45, 2.75) is 5.92 Å². The summed E-state index contributed by atoms with van der Waals surface area (Å²) < 4.78 is 0. The Morgan fingerprint density at radius 3 is 2.46 bits per heavy atom. The fourth-order valence-corrected chi connectivity index (χ4v) is 1.09. The summed E-state index contributed by atoms with van der Waals surface area (Å²) in [6.45, 7) is -0.521. The zero-order chi connectivity index (χ0) is 9.84. The summed E-state index contributed by atoms with van der Waals surface area (Å²) in [5.74, 6) is -2.31. The number of carboxylic acid groups (broad SMARTS) is 1. The number of hydrogen-bond donors (Lipinski definition) is 3. The van der Waals surface area contributed by atoms with Crippen LogP contribution in [0.4, 0.5) is 0 Å². The summed E-state index contributed by atoms with van der Waals surface area (Å²) in [6.07, 6.45) is 0. The average molecular weight is 182 g/mol. The number of phenols is 1. The molecule has 0 radical (unpaired) electrons. The highest BCUT2D eigenvalue weighted by Gasteiger charge is 2.21. The second kappa shape index (κ2) is 3.91. The Balaban J connectivity index is 3.04. The van der Waals surface area contributed by atoms with E-state index in [1.165, 1.54) is 12.1 Å². The zero-order valence-corrected chi connectivity index (χ0v) is 6.84. The summed E-state index contributed by atoms with van der Waals surface area (Å²) in [6, 6.07) is 6.07. The van der Waals surface area contributed by atoms with Crippen LogP contribution >= 0.6 is 0 Å². The first-order valence-corrected chi connectivity index (χ1v) is 3.78. The lowest BCUT2D eigenvalue weighted by atomic mass is 9.99. The highest BCUT2D eigenvalue weighted by molar-refractivity contribution is 5.77. The van der Waals surface area contributed by atoms with E-state index < -0.39 is 18.5 Å². The minimum absolute atomic E-state index is 0.107. The van der Waals surface area contributed by atoms with Crippen LogP contribution in [0.15, 0.2) is 24.3 Å². The van der Waals surface area contributed by atoms with Gasteiger partial charge in [-0.1, -0.05) is 18.2 Å². The molecule has 1 aromatic carbocycles. The number of rotatable bonds is 3. The fraction of sp³-hybridized carbons (Fsp3) is 0.222. The van der Waals surface area contributed by atoms with Crippen LogP contribution < -0.4 is 0 Å². The first-order chi connectivity index (χ1) is 6.16. The molecule has 0 saturated carbocycles. The first kappa shape index (κ1) is 9.54. The lowest BCUT2D eigenvalue weighted by Crippen LogP contribution is -2.15. The molecule has 0 spiro atoms. The van der Waals surface area contributed by atoms with Gasteiger partial charge in [-0.15, -0.1) is 0 Å². The fourth-order valence-electron chi connectivity index (χ4n) is 1.09. The third-order valence-electron chi connectivity index (χ3n) is 1.79. The van der Waals surface area contributed by atoms with Gasteiger partial charge in [0.15, 0.2) is 0 Å². The van der Waals surface area contributed by atoms with Crippen LogP contribution in [0.1, 0.15) is 11.5 Å². The predicted octanol–water partition coefficient (Wildman–Crippen LogP) is 0.553. The number of aliphatic hydroxyl groups is 1. The van der Waals surface area contributed by atoms with Crippen LogP contribution in [0.2, 0.25) is 0 Å². The summed E-state index contributed by atoms with van der Waals surface area (Å²) in [5.41, 5.74) is 0.234. The smallest absolute Gasteiger partial charge is 0.313 e. The Hall–Kier alpha value is -1.55. The topological polar surface area (TPSA) is 77.8 Å². The van der Waals surface area contributed by atoms with Crippen molar-refractivity contribution < 1.29 is 20.1 Å². The van der Waals surface area contributed by atoms with Gasteiger partial charge >= 0.3 is 5.97 Å². The van der Waals surface area contributed by atoms with E-state index in [1.54, 1.807) is 12.1 Å². The van der Waals surface area contributed by atoms with Gasteiger partial charge in [0.2, 0.25) is 0 Å². The molecule has 3 N–H and O–H groups in total. The van der Waals surface area contributed by atoms with E-state index in [4.69, 9.17) is 10.2 Å². The number of hydrogen-bond acceptors (Lipinski definition) is 3. The second-order valence-corrected chi connectivity index (χ2v) is 2.63. The number of benzene rings is 1. The maximum absolute atomic E-state index is 10.6. The summed E-state index contributed by atoms with van der Waals surface area (Å²) in [4.78, 5) is 10.6. The molecule has 0 bridgehead atoms. The Labute approximate surface area is 75.1 Å². The maximum atomic E-state index is 10.6. The van der Waals surface area contributed by atoms with Crippen molar-refractivity contribution in [3.05, 3.63) is 29.8 Å². The van der Waals surface area contributed by atoms with Crippen molar-refractivity contribution in [3.8, 4) is 5.75 Å². The molecule has 0 heterocycles. The Kier molecular flexibility index (Phi) is 2.87. The van der Waals surface area contributed by atoms with Crippen LogP contribution in [0.3, 0.4) is 0 Å². The highest BCUT2D eigenvalue weighted by atomic mass is 16.4. The van der Waals surface area contributed by atoms with Crippen LogP contribution in [-0.2, 0) is 4.79 Å². The van der Waals surface area contributed by atoms with E-state index in [0.29, 0.717) is 0 Å². The molecular formula is C9H10O4. The van der Waals surface area contributed by atoms with Crippen LogP contribution in [0.5, 0.6) is 5.75 Å². The molecule has 0 fully saturated rings. The van der Waals surface area contributed by atoms with E-state index in [0.717, 1.165) is 0 Å². The summed E-state index contributed by atoms with van der Waals surface area (Å²) in [7, 11) is 0. The average Bonchev–Trinajstić information content (AvgIpc) is 2.09. The van der Waals surface area contributed by atoms with Crippen LogP contribution in [-0.4, -0.2) is 27.9 Å². The molecule has 1 unspecified atom stereocenters. The summed E-state index contributed by atoms with van der Waals surface area (Å²) >= 11 is 0. The van der Waals surface area contributed by atoms with Crippen molar-refractivity contribution >= 4 is 5.97 Å². The van der Waals surface area contributed by atoms with E-state index in [1.807, 2.05) is 0 Å². The van der Waals surface area contributed by atoms with Gasteiger partial charge in [0.25, 0.3) is 0 Å². The number of phenolic OH excluding ortho intramolecular Hbond substituents is 1. The van der Waals surface area contributed by atoms with Gasteiger partial charge < -0.3 is 15.3 Å². The number of para-hydroxylation sites is 1. The van der Waals surface area contributed by atoms with Crippen LogP contribution in [0.25, 0.3) is 0 Å².